The summed E-state index contributed by atoms with van der Waals surface area (Å²) in [6, 6.07) is 0. The van der Waals surface area contributed by atoms with Gasteiger partial charge in [-0.25, -0.2) is 0 Å². The molecule has 0 radical (unpaired) electrons. The second-order valence-electron chi connectivity index (χ2n) is 17.0. The van der Waals surface area contributed by atoms with E-state index in [0.717, 1.165) is 128 Å². The van der Waals surface area contributed by atoms with Gasteiger partial charge in [-0.05, 0) is 116 Å². The number of rotatable bonds is 46. The van der Waals surface area contributed by atoms with Crippen molar-refractivity contribution in [3.63, 3.8) is 0 Å². The number of ether oxygens (including phenoxy) is 3. The van der Waals surface area contributed by atoms with Crippen molar-refractivity contribution < 1.29 is 28.6 Å². The highest BCUT2D eigenvalue weighted by Crippen LogP contribution is 2.13. The summed E-state index contributed by atoms with van der Waals surface area (Å²) in [7, 11) is 0. The molecule has 6 nitrogen and oxygen atoms in total. The van der Waals surface area contributed by atoms with Crippen LogP contribution in [0.4, 0.5) is 0 Å². The molecule has 0 spiro atoms. The smallest absolute Gasteiger partial charge is 0.306 e. The zero-order chi connectivity index (χ0) is 45.8. The Labute approximate surface area is 388 Å². The van der Waals surface area contributed by atoms with E-state index in [-0.39, 0.29) is 31.1 Å². The van der Waals surface area contributed by atoms with Gasteiger partial charge in [0, 0.05) is 19.3 Å². The molecular formula is C57H96O6. The Kier molecular flexibility index (Phi) is 48.5. The van der Waals surface area contributed by atoms with E-state index in [1.807, 2.05) is 0 Å². The van der Waals surface area contributed by atoms with Gasteiger partial charge in [-0.2, -0.15) is 0 Å². The first kappa shape index (κ1) is 59.6. The van der Waals surface area contributed by atoms with Crippen LogP contribution in [0.3, 0.4) is 0 Å². The van der Waals surface area contributed by atoms with Crippen molar-refractivity contribution in [2.75, 3.05) is 13.2 Å². The fourth-order valence-corrected chi connectivity index (χ4v) is 6.93. The molecule has 0 aromatic carbocycles. The predicted molar refractivity (Wildman–Crippen MR) is 270 cm³/mol. The van der Waals surface area contributed by atoms with Gasteiger partial charge in [0.1, 0.15) is 13.2 Å². The van der Waals surface area contributed by atoms with Crippen molar-refractivity contribution in [3.8, 4) is 0 Å². The highest BCUT2D eigenvalue weighted by molar-refractivity contribution is 5.71. The minimum atomic E-state index is -0.798. The van der Waals surface area contributed by atoms with E-state index in [4.69, 9.17) is 14.2 Å². The molecular weight excluding hydrogens is 781 g/mol. The number of unbranched alkanes of at least 4 members (excludes halogenated alkanes) is 21. The van der Waals surface area contributed by atoms with Gasteiger partial charge in [0.15, 0.2) is 6.10 Å². The van der Waals surface area contributed by atoms with Crippen LogP contribution in [0, 0.1) is 0 Å². The van der Waals surface area contributed by atoms with E-state index in [9.17, 15) is 14.4 Å². The molecule has 0 fully saturated rings. The quantitative estimate of drug-likeness (QED) is 0.0262. The van der Waals surface area contributed by atoms with Crippen molar-refractivity contribution in [3.05, 3.63) is 85.1 Å². The molecule has 0 aliphatic carbocycles. The van der Waals surface area contributed by atoms with Crippen LogP contribution < -0.4 is 0 Å². The van der Waals surface area contributed by atoms with Gasteiger partial charge in [-0.15, -0.1) is 0 Å². The third-order valence-corrected chi connectivity index (χ3v) is 10.9. The lowest BCUT2D eigenvalue weighted by atomic mass is 10.1. The normalized spacial score (nSPS) is 12.7. The minimum absolute atomic E-state index is 0.0959. The van der Waals surface area contributed by atoms with Crippen LogP contribution in [-0.4, -0.2) is 37.2 Å². The summed E-state index contributed by atoms with van der Waals surface area (Å²) in [4.78, 5) is 38.0. The van der Waals surface area contributed by atoms with Gasteiger partial charge >= 0.3 is 17.9 Å². The van der Waals surface area contributed by atoms with Crippen LogP contribution in [-0.2, 0) is 28.6 Å². The maximum atomic E-state index is 12.8. The number of hydrogen-bond donors (Lipinski definition) is 0. The lowest BCUT2D eigenvalue weighted by molar-refractivity contribution is -0.167. The van der Waals surface area contributed by atoms with E-state index < -0.39 is 6.10 Å². The Morgan fingerprint density at radius 2 is 0.619 bits per heavy atom. The Hall–Kier alpha value is -3.41. The van der Waals surface area contributed by atoms with Crippen LogP contribution in [0.2, 0.25) is 0 Å². The second kappa shape index (κ2) is 51.2. The average Bonchev–Trinajstić information content (AvgIpc) is 3.28. The minimum Gasteiger partial charge on any atom is -0.462 e. The van der Waals surface area contributed by atoms with Gasteiger partial charge in [-0.1, -0.05) is 189 Å². The van der Waals surface area contributed by atoms with E-state index in [0.29, 0.717) is 19.3 Å². The molecule has 360 valence electrons. The van der Waals surface area contributed by atoms with Crippen molar-refractivity contribution in [2.24, 2.45) is 0 Å². The Balaban J connectivity index is 4.47. The van der Waals surface area contributed by atoms with Crippen LogP contribution in [0.1, 0.15) is 239 Å². The average molecular weight is 877 g/mol. The van der Waals surface area contributed by atoms with Crippen molar-refractivity contribution >= 4 is 17.9 Å². The molecule has 0 aliphatic heterocycles. The van der Waals surface area contributed by atoms with Crippen molar-refractivity contribution in [1.82, 2.24) is 0 Å². The molecule has 0 aliphatic rings. The van der Waals surface area contributed by atoms with Crippen molar-refractivity contribution in [1.29, 1.82) is 0 Å². The molecule has 0 aromatic rings. The van der Waals surface area contributed by atoms with Crippen LogP contribution in [0.15, 0.2) is 85.1 Å². The number of carbonyl (C=O) groups is 3. The summed E-state index contributed by atoms with van der Waals surface area (Å²) in [6.45, 7) is 6.44. The molecule has 0 heterocycles. The molecule has 0 bridgehead atoms. The molecule has 63 heavy (non-hydrogen) atoms. The standard InChI is InChI=1S/C57H96O6/c1-4-7-10-13-16-19-22-25-27-28-30-32-35-38-41-44-47-50-56(59)62-53-54(52-61-55(58)49-46-43-40-37-34-31-24-21-18-15-12-9-6-3)63-57(60)51-48-45-42-39-36-33-29-26-23-20-17-14-11-8-5-2/h8,11,16-17,19-21,24-27,29-30,32,54H,4-7,9-10,12-15,18,22-23,28,31,33-53H2,1-3H3/b11-8-,19-16-,20-17-,24-21-,27-25-,29-26-,32-30-/t54-/m0/s1. The second-order valence-corrected chi connectivity index (χ2v) is 17.0. The summed E-state index contributed by atoms with van der Waals surface area (Å²) in [5.41, 5.74) is 0. The zero-order valence-electron chi connectivity index (χ0n) is 41.1. The van der Waals surface area contributed by atoms with E-state index in [1.54, 1.807) is 0 Å². The van der Waals surface area contributed by atoms with Gasteiger partial charge in [0.05, 0.1) is 0 Å². The van der Waals surface area contributed by atoms with Crippen LogP contribution >= 0.6 is 0 Å². The van der Waals surface area contributed by atoms with Crippen LogP contribution in [0.5, 0.6) is 0 Å². The maximum absolute atomic E-state index is 12.8. The Morgan fingerprint density at radius 3 is 1.02 bits per heavy atom. The predicted octanol–water partition coefficient (Wildman–Crippen LogP) is 17.2. The summed E-state index contributed by atoms with van der Waals surface area (Å²) in [5, 5.41) is 0. The summed E-state index contributed by atoms with van der Waals surface area (Å²) >= 11 is 0. The third-order valence-electron chi connectivity index (χ3n) is 10.9. The largest absolute Gasteiger partial charge is 0.462 e. The summed E-state index contributed by atoms with van der Waals surface area (Å²) in [5.74, 6) is -0.944. The van der Waals surface area contributed by atoms with Crippen molar-refractivity contribution in [2.45, 2.75) is 245 Å². The first-order valence-electron chi connectivity index (χ1n) is 26.1. The lowest BCUT2D eigenvalue weighted by Crippen LogP contribution is -2.30. The lowest BCUT2D eigenvalue weighted by Gasteiger charge is -2.18. The Bertz CT molecular complexity index is 1240. The molecule has 0 saturated heterocycles. The monoisotopic (exact) mass is 877 g/mol. The molecule has 1 atom stereocenters. The van der Waals surface area contributed by atoms with E-state index >= 15 is 0 Å². The number of allylic oxidation sites excluding steroid dienone is 14. The molecule has 0 unspecified atom stereocenters. The van der Waals surface area contributed by atoms with Gasteiger partial charge in [0.2, 0.25) is 0 Å². The highest BCUT2D eigenvalue weighted by atomic mass is 16.6. The molecule has 6 heteroatoms. The molecule has 0 amide bonds. The highest BCUT2D eigenvalue weighted by Gasteiger charge is 2.19. The number of hydrogen-bond acceptors (Lipinski definition) is 6. The molecule has 0 rings (SSSR count). The van der Waals surface area contributed by atoms with E-state index in [1.165, 1.54) is 70.6 Å². The van der Waals surface area contributed by atoms with Gasteiger partial charge in [-0.3, -0.25) is 14.4 Å². The molecule has 0 N–H and O–H groups in total. The zero-order valence-corrected chi connectivity index (χ0v) is 41.1. The fourth-order valence-electron chi connectivity index (χ4n) is 6.93. The third kappa shape index (κ3) is 49.5. The first-order valence-corrected chi connectivity index (χ1v) is 26.1. The number of esters is 3. The van der Waals surface area contributed by atoms with Gasteiger partial charge < -0.3 is 14.2 Å². The van der Waals surface area contributed by atoms with E-state index in [2.05, 4.69) is 106 Å². The van der Waals surface area contributed by atoms with Gasteiger partial charge in [0.25, 0.3) is 0 Å². The molecule has 0 saturated carbocycles. The fraction of sp³-hybridized carbons (Fsp3) is 0.702. The topological polar surface area (TPSA) is 78.9 Å². The Morgan fingerprint density at radius 1 is 0.333 bits per heavy atom. The summed E-state index contributed by atoms with van der Waals surface area (Å²) in [6.07, 6.45) is 65.6. The first-order chi connectivity index (χ1) is 31.0. The maximum Gasteiger partial charge on any atom is 0.306 e. The number of carbonyl (C=O) groups excluding carboxylic acids is 3. The molecule has 0 aromatic heterocycles. The van der Waals surface area contributed by atoms with Crippen LogP contribution in [0.25, 0.3) is 0 Å². The summed E-state index contributed by atoms with van der Waals surface area (Å²) < 4.78 is 16.8. The SMILES string of the molecule is CC/C=C\C/C=C\C/C=C\CCCCCCCC(=O)O[C@H](COC(=O)CCCCCC/C=C\C/C=C\C/C=C\CCCCC)COC(=O)CCCCCCC/C=C\CCCCCC.